The van der Waals surface area contributed by atoms with Crippen LogP contribution >= 0.6 is 34.8 Å². The zero-order valence-corrected chi connectivity index (χ0v) is 13.6. The molecular formula is C16H13Cl3N2. The van der Waals surface area contributed by atoms with E-state index in [1.807, 2.05) is 49.4 Å². The first-order chi connectivity index (χ1) is 10.1. The summed E-state index contributed by atoms with van der Waals surface area (Å²) >= 11 is 18.6. The SMILES string of the molecule is CC(Cl)c1nc2c(Cl)cccc2n1Cc1cccc(Cl)c1. The molecule has 0 aliphatic rings. The van der Waals surface area contributed by atoms with E-state index in [4.69, 9.17) is 34.8 Å². The first kappa shape index (κ1) is 14.7. The maximum Gasteiger partial charge on any atom is 0.128 e. The van der Waals surface area contributed by atoms with Gasteiger partial charge in [0.25, 0.3) is 0 Å². The Morgan fingerprint density at radius 2 is 1.90 bits per heavy atom. The van der Waals surface area contributed by atoms with Crippen molar-refractivity contribution >= 4 is 45.8 Å². The second-order valence-electron chi connectivity index (χ2n) is 4.91. The van der Waals surface area contributed by atoms with Gasteiger partial charge in [-0.2, -0.15) is 0 Å². The molecule has 1 unspecified atom stereocenters. The van der Waals surface area contributed by atoms with E-state index in [-0.39, 0.29) is 5.38 Å². The summed E-state index contributed by atoms with van der Waals surface area (Å²) in [5, 5.41) is 1.15. The largest absolute Gasteiger partial charge is 0.322 e. The number of hydrogen-bond acceptors (Lipinski definition) is 1. The molecule has 0 N–H and O–H groups in total. The number of alkyl halides is 1. The van der Waals surface area contributed by atoms with Gasteiger partial charge in [-0.15, -0.1) is 11.6 Å². The monoisotopic (exact) mass is 338 g/mol. The van der Waals surface area contributed by atoms with Crippen molar-refractivity contribution in [1.82, 2.24) is 9.55 Å². The van der Waals surface area contributed by atoms with E-state index >= 15 is 0 Å². The Balaban J connectivity index is 2.16. The Hall–Kier alpha value is -1.22. The van der Waals surface area contributed by atoms with Gasteiger partial charge in [0, 0.05) is 11.6 Å². The van der Waals surface area contributed by atoms with E-state index < -0.39 is 0 Å². The van der Waals surface area contributed by atoms with Crippen molar-refractivity contribution < 1.29 is 0 Å². The van der Waals surface area contributed by atoms with Crippen LogP contribution < -0.4 is 0 Å². The van der Waals surface area contributed by atoms with Gasteiger partial charge in [-0.05, 0) is 36.8 Å². The molecule has 0 bridgehead atoms. The van der Waals surface area contributed by atoms with Crippen LogP contribution in [-0.4, -0.2) is 9.55 Å². The van der Waals surface area contributed by atoms with Gasteiger partial charge < -0.3 is 4.57 Å². The fourth-order valence-electron chi connectivity index (χ4n) is 2.42. The Labute approximate surface area is 138 Å². The van der Waals surface area contributed by atoms with Crippen LogP contribution in [0.4, 0.5) is 0 Å². The number of halogens is 3. The highest BCUT2D eigenvalue weighted by Crippen LogP contribution is 2.29. The topological polar surface area (TPSA) is 17.8 Å². The van der Waals surface area contributed by atoms with Crippen LogP contribution in [0.1, 0.15) is 23.7 Å². The highest BCUT2D eigenvalue weighted by molar-refractivity contribution is 6.35. The zero-order valence-electron chi connectivity index (χ0n) is 11.4. The number of aromatic nitrogens is 2. The first-order valence-electron chi connectivity index (χ1n) is 6.59. The molecule has 1 heterocycles. The summed E-state index contributed by atoms with van der Waals surface area (Å²) in [6.45, 7) is 2.56. The lowest BCUT2D eigenvalue weighted by atomic mass is 10.2. The van der Waals surface area contributed by atoms with Gasteiger partial charge in [0.05, 0.1) is 15.9 Å². The number of fused-ring (bicyclic) bond motifs is 1. The molecule has 0 radical (unpaired) electrons. The molecule has 1 atom stereocenters. The Morgan fingerprint density at radius 1 is 1.14 bits per heavy atom. The number of hydrogen-bond donors (Lipinski definition) is 0. The van der Waals surface area contributed by atoms with Crippen LogP contribution in [0.2, 0.25) is 10.0 Å². The molecule has 0 amide bonds. The van der Waals surface area contributed by atoms with E-state index in [2.05, 4.69) is 9.55 Å². The molecule has 108 valence electrons. The lowest BCUT2D eigenvalue weighted by Crippen LogP contribution is -2.05. The Morgan fingerprint density at radius 3 is 2.62 bits per heavy atom. The molecule has 0 fully saturated rings. The predicted molar refractivity (Wildman–Crippen MR) is 89.6 cm³/mol. The zero-order chi connectivity index (χ0) is 15.0. The summed E-state index contributed by atoms with van der Waals surface area (Å²) in [5.41, 5.74) is 2.86. The molecule has 3 rings (SSSR count). The minimum Gasteiger partial charge on any atom is -0.322 e. The molecule has 5 heteroatoms. The molecule has 0 spiro atoms. The summed E-state index contributed by atoms with van der Waals surface area (Å²) < 4.78 is 2.09. The average Bonchev–Trinajstić information content (AvgIpc) is 2.80. The van der Waals surface area contributed by atoms with Crippen molar-refractivity contribution in [2.75, 3.05) is 0 Å². The summed E-state index contributed by atoms with van der Waals surface area (Å²) in [6, 6.07) is 13.5. The van der Waals surface area contributed by atoms with Crippen molar-refractivity contribution in [3.63, 3.8) is 0 Å². The van der Waals surface area contributed by atoms with Crippen LogP contribution in [0.25, 0.3) is 11.0 Å². The van der Waals surface area contributed by atoms with Crippen molar-refractivity contribution in [2.45, 2.75) is 18.8 Å². The fraction of sp³-hybridized carbons (Fsp3) is 0.188. The number of para-hydroxylation sites is 1. The van der Waals surface area contributed by atoms with E-state index in [0.29, 0.717) is 11.6 Å². The predicted octanol–water partition coefficient (Wildman–Crippen LogP) is 5.69. The average molecular weight is 340 g/mol. The second-order valence-corrected chi connectivity index (χ2v) is 6.41. The molecule has 0 aliphatic carbocycles. The van der Waals surface area contributed by atoms with Crippen molar-refractivity contribution in [3.8, 4) is 0 Å². The van der Waals surface area contributed by atoms with E-state index in [1.165, 1.54) is 0 Å². The van der Waals surface area contributed by atoms with Crippen molar-refractivity contribution in [1.29, 1.82) is 0 Å². The molecule has 2 aromatic carbocycles. The third kappa shape index (κ3) is 2.89. The first-order valence-corrected chi connectivity index (χ1v) is 7.78. The van der Waals surface area contributed by atoms with Crippen LogP contribution in [-0.2, 0) is 6.54 Å². The second kappa shape index (κ2) is 5.88. The quantitative estimate of drug-likeness (QED) is 0.560. The minimum atomic E-state index is -0.201. The normalized spacial score (nSPS) is 12.8. The van der Waals surface area contributed by atoms with E-state index in [0.717, 1.165) is 27.4 Å². The molecule has 1 aromatic heterocycles. The lowest BCUT2D eigenvalue weighted by molar-refractivity contribution is 0.742. The maximum atomic E-state index is 6.28. The summed E-state index contributed by atoms with van der Waals surface area (Å²) in [5.74, 6) is 0.805. The number of benzene rings is 2. The number of imidazole rings is 1. The molecule has 2 nitrogen and oxygen atoms in total. The van der Waals surface area contributed by atoms with Crippen LogP contribution in [0.3, 0.4) is 0 Å². The summed E-state index contributed by atoms with van der Waals surface area (Å²) in [4.78, 5) is 4.60. The standard InChI is InChI=1S/C16H13Cl3N2/c1-10(17)16-20-15-13(19)6-3-7-14(15)21(16)9-11-4-2-5-12(18)8-11/h2-8,10H,9H2,1H3. The molecule has 21 heavy (non-hydrogen) atoms. The van der Waals surface area contributed by atoms with Gasteiger partial charge in [-0.1, -0.05) is 41.4 Å². The molecule has 0 aliphatic heterocycles. The third-order valence-corrected chi connectivity index (χ3v) is 4.08. The number of nitrogens with zero attached hydrogens (tertiary/aromatic N) is 2. The van der Waals surface area contributed by atoms with Crippen LogP contribution in [0.5, 0.6) is 0 Å². The van der Waals surface area contributed by atoms with Crippen molar-refractivity contribution in [2.24, 2.45) is 0 Å². The number of rotatable bonds is 3. The summed E-state index contributed by atoms with van der Waals surface area (Å²) in [7, 11) is 0. The third-order valence-electron chi connectivity index (χ3n) is 3.34. The highest BCUT2D eigenvalue weighted by Gasteiger charge is 2.16. The lowest BCUT2D eigenvalue weighted by Gasteiger charge is -2.11. The smallest absolute Gasteiger partial charge is 0.128 e. The minimum absolute atomic E-state index is 0.201. The van der Waals surface area contributed by atoms with Gasteiger partial charge in [-0.25, -0.2) is 4.98 Å². The van der Waals surface area contributed by atoms with E-state index in [9.17, 15) is 0 Å². The molecule has 0 saturated carbocycles. The van der Waals surface area contributed by atoms with Crippen LogP contribution in [0.15, 0.2) is 42.5 Å². The Bertz CT molecular complexity index is 793. The van der Waals surface area contributed by atoms with Gasteiger partial charge >= 0.3 is 0 Å². The summed E-state index contributed by atoms with van der Waals surface area (Å²) in [6.07, 6.45) is 0. The fourth-order valence-corrected chi connectivity index (χ4v) is 3.01. The van der Waals surface area contributed by atoms with E-state index in [1.54, 1.807) is 0 Å². The molecule has 3 aromatic rings. The Kier molecular flexibility index (Phi) is 4.12. The van der Waals surface area contributed by atoms with Gasteiger partial charge in [0.15, 0.2) is 0 Å². The van der Waals surface area contributed by atoms with Gasteiger partial charge in [0.1, 0.15) is 11.3 Å². The molecular weight excluding hydrogens is 327 g/mol. The molecule has 0 saturated heterocycles. The van der Waals surface area contributed by atoms with Gasteiger partial charge in [-0.3, -0.25) is 0 Å². The van der Waals surface area contributed by atoms with Crippen LogP contribution in [0, 0.1) is 0 Å². The van der Waals surface area contributed by atoms with Crippen molar-refractivity contribution in [3.05, 3.63) is 63.9 Å². The van der Waals surface area contributed by atoms with Gasteiger partial charge in [0.2, 0.25) is 0 Å². The maximum absolute atomic E-state index is 6.28. The highest BCUT2D eigenvalue weighted by atomic mass is 35.5.